The van der Waals surface area contributed by atoms with E-state index in [1.807, 2.05) is 12.1 Å². The summed E-state index contributed by atoms with van der Waals surface area (Å²) in [7, 11) is 0. The number of rotatable bonds is 5. The van der Waals surface area contributed by atoms with Crippen LogP contribution in [0, 0.1) is 6.92 Å². The summed E-state index contributed by atoms with van der Waals surface area (Å²) in [4.78, 5) is 38.3. The number of carbonyl (C=O) groups excluding carboxylic acids is 3. The molecule has 1 heterocycles. The Morgan fingerprint density at radius 1 is 1.24 bits per heavy atom. The van der Waals surface area contributed by atoms with Crippen molar-refractivity contribution >= 4 is 28.6 Å². The molecule has 2 aromatic rings. The van der Waals surface area contributed by atoms with Crippen LogP contribution in [0.4, 0.5) is 0 Å². The minimum Gasteiger partial charge on any atom is -0.465 e. The third-order valence-electron chi connectivity index (χ3n) is 3.03. The normalized spacial score (nSPS) is 10.4. The fourth-order valence-corrected chi connectivity index (χ4v) is 2.13. The first kappa shape index (κ1) is 14.8. The Balaban J connectivity index is 2.16. The number of carbonyl (C=O) groups is 3. The topological polar surface area (TPSA) is 88.3 Å². The van der Waals surface area contributed by atoms with E-state index in [9.17, 15) is 14.4 Å². The van der Waals surface area contributed by atoms with Crippen LogP contribution in [0.3, 0.4) is 0 Å². The molecular weight excluding hydrogens is 272 g/mol. The minimum atomic E-state index is -0.823. The Bertz CT molecular complexity index is 703. The zero-order valence-corrected chi connectivity index (χ0v) is 11.9. The number of hydrogen-bond donors (Lipinski definition) is 2. The van der Waals surface area contributed by atoms with Gasteiger partial charge in [0.25, 0.3) is 11.7 Å². The molecule has 6 heteroatoms. The maximum Gasteiger partial charge on any atom is 0.325 e. The van der Waals surface area contributed by atoms with Gasteiger partial charge in [-0.05, 0) is 19.9 Å². The zero-order valence-electron chi connectivity index (χ0n) is 11.9. The van der Waals surface area contributed by atoms with Gasteiger partial charge in [0.2, 0.25) is 0 Å². The number of fused-ring (bicyclic) bond motifs is 1. The van der Waals surface area contributed by atoms with Crippen LogP contribution in [0.2, 0.25) is 0 Å². The average molecular weight is 288 g/mol. The molecular formula is C15H16N2O4. The van der Waals surface area contributed by atoms with Crippen LogP contribution in [0.15, 0.2) is 24.3 Å². The molecule has 0 aliphatic rings. The van der Waals surface area contributed by atoms with Crippen molar-refractivity contribution in [2.45, 2.75) is 13.8 Å². The lowest BCUT2D eigenvalue weighted by atomic mass is 10.1. The van der Waals surface area contributed by atoms with Crippen molar-refractivity contribution in [1.82, 2.24) is 10.3 Å². The molecule has 0 fully saturated rings. The highest BCUT2D eigenvalue weighted by Gasteiger charge is 2.22. The highest BCUT2D eigenvalue weighted by molar-refractivity contribution is 6.45. The lowest BCUT2D eigenvalue weighted by Gasteiger charge is -2.04. The van der Waals surface area contributed by atoms with Crippen LogP contribution in [-0.4, -0.2) is 35.8 Å². The monoisotopic (exact) mass is 288 g/mol. The third-order valence-corrected chi connectivity index (χ3v) is 3.03. The van der Waals surface area contributed by atoms with Gasteiger partial charge in [-0.25, -0.2) is 0 Å². The summed E-state index contributed by atoms with van der Waals surface area (Å²) in [6.45, 7) is 3.30. The summed E-state index contributed by atoms with van der Waals surface area (Å²) in [6, 6.07) is 7.23. The molecule has 1 aromatic heterocycles. The number of para-hydroxylation sites is 1. The van der Waals surface area contributed by atoms with Crippen LogP contribution in [0.25, 0.3) is 10.9 Å². The van der Waals surface area contributed by atoms with E-state index in [0.717, 1.165) is 5.52 Å². The maximum atomic E-state index is 12.2. The van der Waals surface area contributed by atoms with E-state index >= 15 is 0 Å². The molecule has 0 unspecified atom stereocenters. The number of H-pyrrole nitrogens is 1. The summed E-state index contributed by atoms with van der Waals surface area (Å²) in [5, 5.41) is 2.96. The Hall–Kier alpha value is -2.63. The number of benzene rings is 1. The second kappa shape index (κ2) is 6.21. The average Bonchev–Trinajstić information content (AvgIpc) is 2.80. The Morgan fingerprint density at radius 2 is 1.95 bits per heavy atom. The zero-order chi connectivity index (χ0) is 15.4. The highest BCUT2D eigenvalue weighted by atomic mass is 16.5. The van der Waals surface area contributed by atoms with Gasteiger partial charge in [-0.3, -0.25) is 14.4 Å². The summed E-state index contributed by atoms with van der Waals surface area (Å²) < 4.78 is 4.69. The van der Waals surface area contributed by atoms with Gasteiger partial charge in [-0.1, -0.05) is 18.2 Å². The Morgan fingerprint density at radius 3 is 2.67 bits per heavy atom. The predicted molar refractivity (Wildman–Crippen MR) is 77.0 cm³/mol. The molecule has 110 valence electrons. The van der Waals surface area contributed by atoms with Gasteiger partial charge >= 0.3 is 5.97 Å². The third kappa shape index (κ3) is 3.10. The number of ether oxygens (including phenoxy) is 1. The summed E-state index contributed by atoms with van der Waals surface area (Å²) in [6.07, 6.45) is 0. The van der Waals surface area contributed by atoms with Crippen molar-refractivity contribution < 1.29 is 19.1 Å². The van der Waals surface area contributed by atoms with Crippen molar-refractivity contribution in [3.8, 4) is 0 Å². The molecule has 1 amide bonds. The standard InChI is InChI=1S/C15H16N2O4/c1-3-21-12(18)8-16-15(20)14(19)13-9(2)17-11-7-5-4-6-10(11)13/h4-7,17H,3,8H2,1-2H3,(H,16,20). The molecule has 0 radical (unpaired) electrons. The first-order valence-corrected chi connectivity index (χ1v) is 6.60. The number of esters is 1. The molecule has 0 bridgehead atoms. The molecule has 2 rings (SSSR count). The maximum absolute atomic E-state index is 12.2. The number of aromatic amines is 1. The number of nitrogens with one attached hydrogen (secondary N) is 2. The fraction of sp³-hybridized carbons (Fsp3) is 0.267. The second-order valence-electron chi connectivity index (χ2n) is 4.49. The van der Waals surface area contributed by atoms with Crippen molar-refractivity contribution in [2.24, 2.45) is 0 Å². The quantitative estimate of drug-likeness (QED) is 0.493. The van der Waals surface area contributed by atoms with E-state index in [-0.39, 0.29) is 13.2 Å². The van der Waals surface area contributed by atoms with Crippen LogP contribution in [0.5, 0.6) is 0 Å². The van der Waals surface area contributed by atoms with Gasteiger partial charge in [0.05, 0.1) is 12.2 Å². The van der Waals surface area contributed by atoms with Gasteiger partial charge in [0.1, 0.15) is 6.54 Å². The summed E-state index contributed by atoms with van der Waals surface area (Å²) >= 11 is 0. The van der Waals surface area contributed by atoms with E-state index < -0.39 is 17.7 Å². The van der Waals surface area contributed by atoms with E-state index in [4.69, 9.17) is 0 Å². The van der Waals surface area contributed by atoms with E-state index in [2.05, 4.69) is 15.0 Å². The van der Waals surface area contributed by atoms with Crippen molar-refractivity contribution in [1.29, 1.82) is 0 Å². The Kier molecular flexibility index (Phi) is 4.37. The SMILES string of the molecule is CCOC(=O)CNC(=O)C(=O)c1c(C)[nH]c2ccccc12. The lowest BCUT2D eigenvalue weighted by Crippen LogP contribution is -2.35. The van der Waals surface area contributed by atoms with Gasteiger partial charge < -0.3 is 15.0 Å². The van der Waals surface area contributed by atoms with Gasteiger partial charge in [-0.2, -0.15) is 0 Å². The van der Waals surface area contributed by atoms with Crippen LogP contribution < -0.4 is 5.32 Å². The first-order chi connectivity index (χ1) is 10.0. The van der Waals surface area contributed by atoms with Gasteiger partial charge in [0.15, 0.2) is 0 Å². The molecule has 0 atom stereocenters. The largest absolute Gasteiger partial charge is 0.465 e. The lowest BCUT2D eigenvalue weighted by molar-refractivity contribution is -0.143. The number of aryl methyl sites for hydroxylation is 1. The van der Waals surface area contributed by atoms with Crippen LogP contribution in [-0.2, 0) is 14.3 Å². The number of ketones is 1. The molecule has 0 aliphatic heterocycles. The smallest absolute Gasteiger partial charge is 0.325 e. The summed E-state index contributed by atoms with van der Waals surface area (Å²) in [5.41, 5.74) is 1.73. The molecule has 6 nitrogen and oxygen atoms in total. The van der Waals surface area contributed by atoms with E-state index in [1.54, 1.807) is 26.0 Å². The van der Waals surface area contributed by atoms with Gasteiger partial charge in [0, 0.05) is 16.6 Å². The predicted octanol–water partition coefficient (Wildman–Crippen LogP) is 1.34. The minimum absolute atomic E-state index is 0.226. The first-order valence-electron chi connectivity index (χ1n) is 6.60. The molecule has 0 spiro atoms. The Labute approximate surface area is 121 Å². The number of amides is 1. The molecule has 2 N–H and O–H groups in total. The molecule has 21 heavy (non-hydrogen) atoms. The van der Waals surface area contributed by atoms with Crippen LogP contribution >= 0.6 is 0 Å². The molecule has 0 saturated carbocycles. The van der Waals surface area contributed by atoms with Crippen molar-refractivity contribution in [2.75, 3.05) is 13.2 Å². The number of hydrogen-bond acceptors (Lipinski definition) is 4. The summed E-state index contributed by atoms with van der Waals surface area (Å²) in [5.74, 6) is -2.07. The van der Waals surface area contributed by atoms with E-state index in [1.165, 1.54) is 0 Å². The number of Topliss-reactive ketones (excluding diaryl/α,β-unsaturated/α-hetero) is 1. The highest BCUT2D eigenvalue weighted by Crippen LogP contribution is 2.22. The second-order valence-corrected chi connectivity index (χ2v) is 4.49. The van der Waals surface area contributed by atoms with Crippen molar-refractivity contribution in [3.05, 3.63) is 35.5 Å². The van der Waals surface area contributed by atoms with Crippen LogP contribution in [0.1, 0.15) is 23.0 Å². The molecule has 0 saturated heterocycles. The van der Waals surface area contributed by atoms with Crippen molar-refractivity contribution in [3.63, 3.8) is 0 Å². The fourth-order valence-electron chi connectivity index (χ4n) is 2.13. The van der Waals surface area contributed by atoms with Gasteiger partial charge in [-0.15, -0.1) is 0 Å². The molecule has 0 aliphatic carbocycles. The van der Waals surface area contributed by atoms with E-state index in [0.29, 0.717) is 16.6 Å². The number of aromatic nitrogens is 1. The molecule has 1 aromatic carbocycles.